The number of ether oxygens (including phenoxy) is 2. The third-order valence-electron chi connectivity index (χ3n) is 5.28. The second-order valence-corrected chi connectivity index (χ2v) is 9.34. The Kier molecular flexibility index (Phi) is 5.92. The largest absolute Gasteiger partial charge is 0.486 e. The molecule has 0 spiro atoms. The van der Waals surface area contributed by atoms with Crippen LogP contribution in [0.1, 0.15) is 12.8 Å². The number of hydrogen-bond donors (Lipinski definition) is 1. The number of nitrogens with zero attached hydrogens (tertiary/aromatic N) is 1. The minimum absolute atomic E-state index is 0.0244. The maximum absolute atomic E-state index is 13.1. The van der Waals surface area contributed by atoms with E-state index < -0.39 is 21.8 Å². The van der Waals surface area contributed by atoms with Crippen LogP contribution in [0.4, 0.5) is 4.39 Å². The smallest absolute Gasteiger partial charge is 0.243 e. The second-order valence-electron chi connectivity index (χ2n) is 7.40. The summed E-state index contributed by atoms with van der Waals surface area (Å²) in [5.41, 5.74) is 0. The maximum Gasteiger partial charge on any atom is 0.243 e. The van der Waals surface area contributed by atoms with Crippen molar-refractivity contribution in [2.45, 2.75) is 23.8 Å². The zero-order valence-corrected chi connectivity index (χ0v) is 17.1. The fourth-order valence-corrected chi connectivity index (χ4v) is 5.18. The minimum Gasteiger partial charge on any atom is -0.486 e. The van der Waals surface area contributed by atoms with Gasteiger partial charge in [-0.15, -0.1) is 0 Å². The van der Waals surface area contributed by atoms with Gasteiger partial charge in [0.25, 0.3) is 0 Å². The van der Waals surface area contributed by atoms with Crippen LogP contribution in [0.2, 0.25) is 0 Å². The number of para-hydroxylation sites is 2. The number of carbonyl (C=O) groups excluding carboxylic acids is 1. The quantitative estimate of drug-likeness (QED) is 0.780. The molecule has 0 aliphatic carbocycles. The van der Waals surface area contributed by atoms with Crippen molar-refractivity contribution < 1.29 is 27.1 Å². The molecule has 0 aromatic heterocycles. The van der Waals surface area contributed by atoms with Gasteiger partial charge in [-0.25, -0.2) is 12.8 Å². The predicted molar refractivity (Wildman–Crippen MR) is 107 cm³/mol. The summed E-state index contributed by atoms with van der Waals surface area (Å²) in [6.07, 6.45) is 0.868. The predicted octanol–water partition coefficient (Wildman–Crippen LogP) is 2.18. The first kappa shape index (κ1) is 20.6. The summed E-state index contributed by atoms with van der Waals surface area (Å²) in [6, 6.07) is 12.1. The molecule has 1 N–H and O–H groups in total. The lowest BCUT2D eigenvalue weighted by Gasteiger charge is -2.32. The Bertz CT molecular complexity index is 1010. The van der Waals surface area contributed by atoms with E-state index in [-0.39, 0.29) is 30.0 Å². The van der Waals surface area contributed by atoms with Crippen LogP contribution in [0.15, 0.2) is 53.4 Å². The van der Waals surface area contributed by atoms with Crippen molar-refractivity contribution in [3.05, 3.63) is 54.3 Å². The van der Waals surface area contributed by atoms with Crippen LogP contribution in [-0.2, 0) is 14.8 Å². The number of rotatable bonds is 5. The minimum atomic E-state index is -3.77. The molecule has 2 aromatic rings. The molecule has 2 atom stereocenters. The van der Waals surface area contributed by atoms with Crippen molar-refractivity contribution in [2.24, 2.45) is 5.92 Å². The van der Waals surface area contributed by atoms with Crippen LogP contribution < -0.4 is 14.8 Å². The average molecular weight is 434 g/mol. The summed E-state index contributed by atoms with van der Waals surface area (Å²) < 4.78 is 51.5. The lowest BCUT2D eigenvalue weighted by Crippen LogP contribution is -2.48. The SMILES string of the molecule is O=C(NC[C@H]1COc2ccccc2O1)[C@H]1CCCN(S(=O)(=O)c2ccc(F)cc2)C1. The van der Waals surface area contributed by atoms with Crippen molar-refractivity contribution in [3.8, 4) is 11.5 Å². The normalized spacial score (nSPS) is 21.8. The second kappa shape index (κ2) is 8.61. The molecule has 2 aliphatic rings. The zero-order valence-electron chi connectivity index (χ0n) is 16.3. The van der Waals surface area contributed by atoms with E-state index in [2.05, 4.69) is 5.32 Å². The molecule has 4 rings (SSSR count). The van der Waals surface area contributed by atoms with Crippen LogP contribution in [0.25, 0.3) is 0 Å². The zero-order chi connectivity index (χ0) is 21.1. The Morgan fingerprint density at radius 2 is 1.87 bits per heavy atom. The first-order valence-corrected chi connectivity index (χ1v) is 11.3. The summed E-state index contributed by atoms with van der Waals surface area (Å²) in [5.74, 6) is 0.148. The van der Waals surface area contributed by atoms with Gasteiger partial charge in [-0.05, 0) is 49.2 Å². The molecule has 7 nitrogen and oxygen atoms in total. The number of nitrogens with one attached hydrogen (secondary N) is 1. The highest BCUT2D eigenvalue weighted by molar-refractivity contribution is 7.89. The van der Waals surface area contributed by atoms with Crippen molar-refractivity contribution in [1.29, 1.82) is 0 Å². The van der Waals surface area contributed by atoms with E-state index in [1.165, 1.54) is 16.4 Å². The van der Waals surface area contributed by atoms with E-state index in [0.29, 0.717) is 37.5 Å². The Hall–Kier alpha value is -2.65. The van der Waals surface area contributed by atoms with Crippen LogP contribution >= 0.6 is 0 Å². The summed E-state index contributed by atoms with van der Waals surface area (Å²) in [6.45, 7) is 1.03. The molecule has 1 fully saturated rings. The molecule has 2 aromatic carbocycles. The van der Waals surface area contributed by atoms with Gasteiger partial charge in [-0.3, -0.25) is 4.79 Å². The molecule has 0 saturated carbocycles. The van der Waals surface area contributed by atoms with E-state index in [1.807, 2.05) is 24.3 Å². The van der Waals surface area contributed by atoms with Crippen LogP contribution in [-0.4, -0.2) is 51.0 Å². The molecule has 0 radical (unpaired) electrons. The molecular formula is C21H23FN2O5S. The van der Waals surface area contributed by atoms with E-state index in [9.17, 15) is 17.6 Å². The molecule has 0 bridgehead atoms. The van der Waals surface area contributed by atoms with Crippen LogP contribution in [0.5, 0.6) is 11.5 Å². The van der Waals surface area contributed by atoms with Crippen molar-refractivity contribution in [3.63, 3.8) is 0 Å². The Labute approximate surface area is 174 Å². The van der Waals surface area contributed by atoms with Gasteiger partial charge in [0.2, 0.25) is 15.9 Å². The Morgan fingerprint density at radius 1 is 1.13 bits per heavy atom. The van der Waals surface area contributed by atoms with Gasteiger partial charge in [0.1, 0.15) is 18.5 Å². The molecular weight excluding hydrogens is 411 g/mol. The van der Waals surface area contributed by atoms with Gasteiger partial charge < -0.3 is 14.8 Å². The van der Waals surface area contributed by atoms with E-state index in [0.717, 1.165) is 12.1 Å². The van der Waals surface area contributed by atoms with Gasteiger partial charge in [0, 0.05) is 13.1 Å². The monoisotopic (exact) mass is 434 g/mol. The number of piperidine rings is 1. The van der Waals surface area contributed by atoms with E-state index in [1.54, 1.807) is 0 Å². The number of halogens is 1. The molecule has 2 aliphatic heterocycles. The fourth-order valence-electron chi connectivity index (χ4n) is 3.65. The molecule has 160 valence electrons. The van der Waals surface area contributed by atoms with Crippen LogP contribution in [0, 0.1) is 11.7 Å². The molecule has 2 heterocycles. The number of amides is 1. The number of sulfonamides is 1. The molecule has 1 saturated heterocycles. The number of fused-ring (bicyclic) bond motifs is 1. The van der Waals surface area contributed by atoms with Gasteiger partial charge >= 0.3 is 0 Å². The van der Waals surface area contributed by atoms with Crippen molar-refractivity contribution in [2.75, 3.05) is 26.2 Å². The average Bonchev–Trinajstić information content (AvgIpc) is 2.77. The van der Waals surface area contributed by atoms with Crippen LogP contribution in [0.3, 0.4) is 0 Å². The molecule has 1 amide bonds. The first-order chi connectivity index (χ1) is 14.4. The number of carbonyl (C=O) groups is 1. The van der Waals surface area contributed by atoms with E-state index >= 15 is 0 Å². The molecule has 9 heteroatoms. The molecule has 30 heavy (non-hydrogen) atoms. The topological polar surface area (TPSA) is 84.9 Å². The van der Waals surface area contributed by atoms with Gasteiger partial charge in [-0.1, -0.05) is 12.1 Å². The standard InChI is InChI=1S/C21H23FN2O5S/c22-16-7-9-18(10-8-16)30(26,27)24-11-3-4-15(13-24)21(25)23-12-17-14-28-19-5-1-2-6-20(19)29-17/h1-2,5-10,15,17H,3-4,11-14H2,(H,23,25)/t15-,17-/m0/s1. The highest BCUT2D eigenvalue weighted by atomic mass is 32.2. The number of benzene rings is 2. The van der Waals surface area contributed by atoms with Gasteiger partial charge in [0.05, 0.1) is 17.4 Å². The highest BCUT2D eigenvalue weighted by Gasteiger charge is 2.33. The first-order valence-electron chi connectivity index (χ1n) is 9.85. The third-order valence-corrected chi connectivity index (χ3v) is 7.16. The Balaban J connectivity index is 1.34. The fraction of sp³-hybridized carbons (Fsp3) is 0.381. The molecule has 0 unspecified atom stereocenters. The van der Waals surface area contributed by atoms with Crippen molar-refractivity contribution >= 4 is 15.9 Å². The van der Waals surface area contributed by atoms with Gasteiger partial charge in [0.15, 0.2) is 11.5 Å². The summed E-state index contributed by atoms with van der Waals surface area (Å²) >= 11 is 0. The Morgan fingerprint density at radius 3 is 2.63 bits per heavy atom. The highest BCUT2D eigenvalue weighted by Crippen LogP contribution is 2.30. The van der Waals surface area contributed by atoms with E-state index in [4.69, 9.17) is 9.47 Å². The summed E-state index contributed by atoms with van der Waals surface area (Å²) in [7, 11) is -3.77. The summed E-state index contributed by atoms with van der Waals surface area (Å²) in [5, 5.41) is 2.86. The lowest BCUT2D eigenvalue weighted by atomic mass is 9.99. The maximum atomic E-state index is 13.1. The number of hydrogen-bond acceptors (Lipinski definition) is 5. The van der Waals surface area contributed by atoms with Gasteiger partial charge in [-0.2, -0.15) is 4.31 Å². The third kappa shape index (κ3) is 4.41. The summed E-state index contributed by atoms with van der Waals surface area (Å²) in [4.78, 5) is 12.7. The van der Waals surface area contributed by atoms with Crippen molar-refractivity contribution in [1.82, 2.24) is 9.62 Å². The lowest BCUT2D eigenvalue weighted by molar-refractivity contribution is -0.126.